The number of nitrogens with one attached hydrogen (secondary N) is 1. The average molecular weight is 357 g/mol. The summed E-state index contributed by atoms with van der Waals surface area (Å²) in [4.78, 5) is 17.8. The van der Waals surface area contributed by atoms with Crippen LogP contribution in [0.2, 0.25) is 0 Å². The second-order valence-electron chi connectivity index (χ2n) is 6.93. The van der Waals surface area contributed by atoms with Gasteiger partial charge in [0.15, 0.2) is 0 Å². The van der Waals surface area contributed by atoms with Gasteiger partial charge in [-0.25, -0.2) is 14.2 Å². The molecule has 2 N–H and O–H groups in total. The van der Waals surface area contributed by atoms with Crippen LogP contribution in [0.5, 0.6) is 0 Å². The Morgan fingerprint density at radius 1 is 1.23 bits per heavy atom. The zero-order chi connectivity index (χ0) is 18.8. The Hall–Kier alpha value is -2.63. The number of benzene rings is 1. The third kappa shape index (κ3) is 3.64. The molecular formula is C20H24FN3O2. The van der Waals surface area contributed by atoms with Gasteiger partial charge in [0, 0.05) is 24.8 Å². The van der Waals surface area contributed by atoms with E-state index in [0.29, 0.717) is 5.56 Å². The van der Waals surface area contributed by atoms with E-state index < -0.39 is 5.97 Å². The summed E-state index contributed by atoms with van der Waals surface area (Å²) in [6.07, 6.45) is 3.06. The van der Waals surface area contributed by atoms with E-state index in [2.05, 4.69) is 15.2 Å². The highest BCUT2D eigenvalue weighted by Crippen LogP contribution is 2.29. The van der Waals surface area contributed by atoms with Gasteiger partial charge in [0.2, 0.25) is 0 Å². The number of anilines is 2. The Morgan fingerprint density at radius 3 is 2.50 bits per heavy atom. The number of pyridine rings is 1. The molecule has 2 aromatic rings. The number of nitrogens with zero attached hydrogens (tertiary/aromatic N) is 2. The molecule has 5 nitrogen and oxygen atoms in total. The summed E-state index contributed by atoms with van der Waals surface area (Å²) in [7, 11) is 0. The quantitative estimate of drug-likeness (QED) is 0.868. The number of carboxylic acid groups (broad SMARTS) is 1. The molecule has 0 spiro atoms. The highest BCUT2D eigenvalue weighted by Gasteiger charge is 2.23. The maximum absolute atomic E-state index is 13.0. The minimum Gasteiger partial charge on any atom is -0.478 e. The average Bonchev–Trinajstić information content (AvgIpc) is 2.59. The van der Waals surface area contributed by atoms with Gasteiger partial charge in [-0.3, -0.25) is 0 Å². The Kier molecular flexibility index (Phi) is 5.11. The molecule has 0 unspecified atom stereocenters. The van der Waals surface area contributed by atoms with Crippen LogP contribution in [0, 0.1) is 26.6 Å². The summed E-state index contributed by atoms with van der Waals surface area (Å²) in [6, 6.07) is 5.33. The van der Waals surface area contributed by atoms with Crippen LogP contribution in [0.25, 0.3) is 0 Å². The van der Waals surface area contributed by atoms with Gasteiger partial charge in [-0.05, 0) is 62.4 Å². The molecule has 0 amide bonds. The van der Waals surface area contributed by atoms with E-state index in [1.165, 1.54) is 12.3 Å². The van der Waals surface area contributed by atoms with Gasteiger partial charge in [0.05, 0.1) is 11.8 Å². The first-order chi connectivity index (χ1) is 12.4. The largest absolute Gasteiger partial charge is 0.478 e. The van der Waals surface area contributed by atoms with Crippen molar-refractivity contribution in [1.82, 2.24) is 4.98 Å². The first-order valence-corrected chi connectivity index (χ1v) is 8.84. The monoisotopic (exact) mass is 357 g/mol. The molecule has 0 aliphatic carbocycles. The third-order valence-electron chi connectivity index (χ3n) is 5.06. The first kappa shape index (κ1) is 18.2. The molecule has 3 rings (SSSR count). The van der Waals surface area contributed by atoms with Crippen LogP contribution in [0.1, 0.15) is 39.9 Å². The zero-order valence-corrected chi connectivity index (χ0v) is 15.3. The van der Waals surface area contributed by atoms with E-state index in [0.717, 1.165) is 54.1 Å². The smallest absolute Gasteiger partial charge is 0.336 e. The number of carbonyl (C=O) groups is 1. The van der Waals surface area contributed by atoms with Crippen molar-refractivity contribution in [2.45, 2.75) is 39.7 Å². The van der Waals surface area contributed by atoms with E-state index in [9.17, 15) is 14.3 Å². The number of hydrogen-bond donors (Lipinski definition) is 2. The topological polar surface area (TPSA) is 65.5 Å². The number of aromatic nitrogens is 1. The lowest BCUT2D eigenvalue weighted by molar-refractivity contribution is 0.0695. The summed E-state index contributed by atoms with van der Waals surface area (Å²) in [6.45, 7) is 7.36. The predicted molar refractivity (Wildman–Crippen MR) is 101 cm³/mol. The van der Waals surface area contributed by atoms with Gasteiger partial charge < -0.3 is 15.3 Å². The first-order valence-electron chi connectivity index (χ1n) is 8.84. The fourth-order valence-electron chi connectivity index (χ4n) is 3.75. The lowest BCUT2D eigenvalue weighted by Gasteiger charge is -2.34. The van der Waals surface area contributed by atoms with Crippen LogP contribution >= 0.6 is 0 Å². The van der Waals surface area contributed by atoms with E-state index in [1.807, 2.05) is 26.8 Å². The molecule has 0 bridgehead atoms. The third-order valence-corrected chi connectivity index (χ3v) is 5.06. The van der Waals surface area contributed by atoms with Gasteiger partial charge in [-0.1, -0.05) is 6.07 Å². The van der Waals surface area contributed by atoms with Crippen molar-refractivity contribution in [3.8, 4) is 0 Å². The highest BCUT2D eigenvalue weighted by atomic mass is 19.1. The Balaban J connectivity index is 1.71. The molecule has 1 aromatic heterocycles. The number of aromatic carboxylic acids is 1. The van der Waals surface area contributed by atoms with Crippen molar-refractivity contribution in [1.29, 1.82) is 0 Å². The Morgan fingerprint density at radius 2 is 1.92 bits per heavy atom. The van der Waals surface area contributed by atoms with Crippen molar-refractivity contribution in [2.75, 3.05) is 23.3 Å². The number of piperidine rings is 1. The van der Waals surface area contributed by atoms with E-state index in [-0.39, 0.29) is 11.9 Å². The van der Waals surface area contributed by atoms with E-state index >= 15 is 0 Å². The molecule has 1 fully saturated rings. The molecule has 138 valence electrons. The molecule has 1 aromatic carbocycles. The minimum absolute atomic E-state index is 0.272. The maximum Gasteiger partial charge on any atom is 0.336 e. The van der Waals surface area contributed by atoms with Crippen LogP contribution in [-0.2, 0) is 0 Å². The Bertz CT molecular complexity index is 813. The van der Waals surface area contributed by atoms with Crippen molar-refractivity contribution < 1.29 is 14.3 Å². The number of rotatable bonds is 4. The summed E-state index contributed by atoms with van der Waals surface area (Å²) in [5, 5.41) is 13.0. The lowest BCUT2D eigenvalue weighted by Crippen LogP contribution is -2.39. The molecule has 2 heterocycles. The maximum atomic E-state index is 13.0. The number of aryl methyl sites for hydroxylation is 2. The van der Waals surface area contributed by atoms with Crippen molar-refractivity contribution >= 4 is 17.5 Å². The van der Waals surface area contributed by atoms with Crippen LogP contribution < -0.4 is 10.2 Å². The zero-order valence-electron chi connectivity index (χ0n) is 15.3. The molecule has 1 saturated heterocycles. The summed E-state index contributed by atoms with van der Waals surface area (Å²) in [5.41, 5.74) is 3.94. The molecular weight excluding hydrogens is 333 g/mol. The Labute approximate surface area is 152 Å². The molecule has 26 heavy (non-hydrogen) atoms. The fraction of sp³-hybridized carbons (Fsp3) is 0.400. The van der Waals surface area contributed by atoms with Crippen LogP contribution in [0.4, 0.5) is 15.9 Å². The van der Waals surface area contributed by atoms with Gasteiger partial charge in [0.25, 0.3) is 0 Å². The van der Waals surface area contributed by atoms with Gasteiger partial charge in [0.1, 0.15) is 11.6 Å². The van der Waals surface area contributed by atoms with E-state index in [4.69, 9.17) is 0 Å². The van der Waals surface area contributed by atoms with Gasteiger partial charge in [-0.15, -0.1) is 0 Å². The molecule has 0 saturated carbocycles. The highest BCUT2D eigenvalue weighted by molar-refractivity contribution is 5.93. The van der Waals surface area contributed by atoms with Crippen LogP contribution in [0.3, 0.4) is 0 Å². The van der Waals surface area contributed by atoms with Crippen molar-refractivity contribution in [2.24, 2.45) is 0 Å². The minimum atomic E-state index is -0.889. The second kappa shape index (κ2) is 7.32. The second-order valence-corrected chi connectivity index (χ2v) is 6.93. The van der Waals surface area contributed by atoms with Crippen LogP contribution in [-0.4, -0.2) is 35.2 Å². The standard InChI is InChI=1S/C20H24FN3O2/c1-12-10-13(2)19(14(3)18(12)20(25)26)23-16-6-8-24(9-7-16)17-5-4-15(21)11-22-17/h4-5,10-11,16,23H,6-9H2,1-3H3,(H,25,26). The molecule has 6 heteroatoms. The summed E-state index contributed by atoms with van der Waals surface area (Å²) >= 11 is 0. The summed E-state index contributed by atoms with van der Waals surface area (Å²) < 4.78 is 13.0. The number of carboxylic acids is 1. The van der Waals surface area contributed by atoms with Crippen molar-refractivity contribution in [3.63, 3.8) is 0 Å². The summed E-state index contributed by atoms with van der Waals surface area (Å²) in [5.74, 6) is -0.425. The number of hydrogen-bond acceptors (Lipinski definition) is 4. The lowest BCUT2D eigenvalue weighted by atomic mass is 9.95. The molecule has 0 atom stereocenters. The normalized spacial score (nSPS) is 15.2. The SMILES string of the molecule is Cc1cc(C)c(C(=O)O)c(C)c1NC1CCN(c2ccc(F)cn2)CC1. The molecule has 0 radical (unpaired) electrons. The van der Waals surface area contributed by atoms with E-state index in [1.54, 1.807) is 6.07 Å². The number of halogens is 1. The molecule has 1 aliphatic heterocycles. The fourth-order valence-corrected chi connectivity index (χ4v) is 3.75. The van der Waals surface area contributed by atoms with Gasteiger partial charge in [-0.2, -0.15) is 0 Å². The molecule has 1 aliphatic rings. The van der Waals surface area contributed by atoms with Crippen LogP contribution in [0.15, 0.2) is 24.4 Å². The predicted octanol–water partition coefficient (Wildman–Crippen LogP) is 3.93. The van der Waals surface area contributed by atoms with Gasteiger partial charge >= 0.3 is 5.97 Å². The van der Waals surface area contributed by atoms with Crippen molar-refractivity contribution in [3.05, 3.63) is 52.5 Å².